The highest BCUT2D eigenvalue weighted by molar-refractivity contribution is 6.02. The van der Waals surface area contributed by atoms with Crippen LogP contribution in [0.4, 0.5) is 18.9 Å². The fraction of sp³-hybridized carbons (Fsp3) is 0.167. The van der Waals surface area contributed by atoms with Crippen LogP contribution in [-0.2, 0) is 15.8 Å². The molecular formula is C18H14F3N3O3. The Morgan fingerprint density at radius 1 is 1.22 bits per heavy atom. The summed E-state index contributed by atoms with van der Waals surface area (Å²) >= 11 is 0. The third-order valence-corrected chi connectivity index (χ3v) is 3.73. The van der Waals surface area contributed by atoms with Crippen LogP contribution in [0.15, 0.2) is 53.6 Å². The summed E-state index contributed by atoms with van der Waals surface area (Å²) in [6.45, 7) is -0.475. The average Bonchev–Trinajstić information content (AvgIpc) is 2.64. The van der Waals surface area contributed by atoms with Crippen LogP contribution in [0.2, 0.25) is 0 Å². The van der Waals surface area contributed by atoms with Gasteiger partial charge >= 0.3 is 6.18 Å². The molecule has 0 atom stereocenters. The van der Waals surface area contributed by atoms with Crippen molar-refractivity contribution in [3.63, 3.8) is 0 Å². The molecule has 2 aromatic rings. The quantitative estimate of drug-likeness (QED) is 0.658. The number of para-hydroxylation sites is 2. The molecule has 0 fully saturated rings. The maximum atomic E-state index is 12.7. The van der Waals surface area contributed by atoms with Gasteiger partial charge in [0.25, 0.3) is 11.8 Å². The van der Waals surface area contributed by atoms with Crippen LogP contribution in [0, 0.1) is 0 Å². The van der Waals surface area contributed by atoms with Crippen molar-refractivity contribution < 1.29 is 27.5 Å². The highest BCUT2D eigenvalue weighted by Gasteiger charge is 2.30. The van der Waals surface area contributed by atoms with E-state index in [1.807, 2.05) is 0 Å². The molecule has 0 unspecified atom stereocenters. The Labute approximate surface area is 152 Å². The van der Waals surface area contributed by atoms with Crippen molar-refractivity contribution in [3.8, 4) is 5.75 Å². The van der Waals surface area contributed by atoms with Crippen molar-refractivity contribution >= 4 is 23.7 Å². The smallest absolute Gasteiger partial charge is 0.416 e. The van der Waals surface area contributed by atoms with E-state index in [0.717, 1.165) is 18.3 Å². The van der Waals surface area contributed by atoms with Crippen molar-refractivity contribution in [1.82, 2.24) is 5.43 Å². The number of halogens is 3. The Kier molecular flexibility index (Phi) is 5.11. The van der Waals surface area contributed by atoms with E-state index in [4.69, 9.17) is 4.74 Å². The maximum absolute atomic E-state index is 12.7. The molecule has 6 nitrogen and oxygen atoms in total. The molecule has 9 heteroatoms. The molecule has 0 spiro atoms. The molecule has 2 amide bonds. The van der Waals surface area contributed by atoms with Crippen molar-refractivity contribution in [2.24, 2.45) is 5.10 Å². The van der Waals surface area contributed by atoms with Gasteiger partial charge in [0.1, 0.15) is 12.3 Å². The van der Waals surface area contributed by atoms with E-state index in [-0.39, 0.29) is 24.6 Å². The Morgan fingerprint density at radius 2 is 2.00 bits per heavy atom. The van der Waals surface area contributed by atoms with Crippen LogP contribution < -0.4 is 15.1 Å². The fourth-order valence-corrected chi connectivity index (χ4v) is 2.48. The Balaban J connectivity index is 1.64. The number of hydrogen-bond acceptors (Lipinski definition) is 4. The van der Waals surface area contributed by atoms with Crippen molar-refractivity contribution in [1.29, 1.82) is 0 Å². The number of alkyl halides is 3. The van der Waals surface area contributed by atoms with Crippen LogP contribution in [0.5, 0.6) is 5.75 Å². The molecule has 3 rings (SSSR count). The standard InChI is InChI=1S/C18H14F3N3O3/c19-18(20,21)13-5-3-4-12(8-13)9-22-23-16(25)10-24-14-6-1-2-7-15(14)27-11-17(24)26/h1-9H,10-11H2,(H,23,25)/b22-9-. The SMILES string of the molecule is O=C(CN1C(=O)COc2ccccc21)N/N=C\c1cccc(C(F)(F)F)c1. The Hall–Kier alpha value is -3.36. The first kappa shape index (κ1) is 18.4. The predicted molar refractivity (Wildman–Crippen MR) is 91.5 cm³/mol. The second-order valence-electron chi connectivity index (χ2n) is 5.65. The monoisotopic (exact) mass is 377 g/mol. The lowest BCUT2D eigenvalue weighted by Gasteiger charge is -2.28. The second kappa shape index (κ2) is 7.48. The average molecular weight is 377 g/mol. The maximum Gasteiger partial charge on any atom is 0.416 e. The van der Waals surface area contributed by atoms with Crippen LogP contribution in [0.25, 0.3) is 0 Å². The minimum Gasteiger partial charge on any atom is -0.482 e. The van der Waals surface area contributed by atoms with Gasteiger partial charge in [-0.25, -0.2) is 5.43 Å². The molecule has 0 saturated carbocycles. The number of rotatable bonds is 4. The van der Waals surface area contributed by atoms with Gasteiger partial charge in [0.15, 0.2) is 6.61 Å². The van der Waals surface area contributed by atoms with Gasteiger partial charge in [0, 0.05) is 0 Å². The minimum absolute atomic E-state index is 0.179. The third kappa shape index (κ3) is 4.43. The number of nitrogens with zero attached hydrogens (tertiary/aromatic N) is 2. The zero-order chi connectivity index (χ0) is 19.4. The van der Waals surface area contributed by atoms with Gasteiger partial charge in [-0.1, -0.05) is 24.3 Å². The molecule has 1 heterocycles. The molecule has 0 radical (unpaired) electrons. The van der Waals surface area contributed by atoms with Crippen LogP contribution >= 0.6 is 0 Å². The normalized spacial score (nSPS) is 14.0. The number of nitrogens with one attached hydrogen (secondary N) is 1. The number of anilines is 1. The lowest BCUT2D eigenvalue weighted by Crippen LogP contribution is -2.44. The number of amides is 2. The molecule has 1 aliphatic rings. The summed E-state index contributed by atoms with van der Waals surface area (Å²) in [5.74, 6) is -0.494. The van der Waals surface area contributed by atoms with Gasteiger partial charge in [0.05, 0.1) is 17.5 Å². The second-order valence-corrected chi connectivity index (χ2v) is 5.65. The van der Waals surface area contributed by atoms with Crippen LogP contribution in [-0.4, -0.2) is 31.2 Å². The third-order valence-electron chi connectivity index (χ3n) is 3.73. The zero-order valence-electron chi connectivity index (χ0n) is 13.9. The topological polar surface area (TPSA) is 71.0 Å². The highest BCUT2D eigenvalue weighted by atomic mass is 19.4. The molecule has 1 aliphatic heterocycles. The van der Waals surface area contributed by atoms with Crippen LogP contribution in [0.1, 0.15) is 11.1 Å². The molecule has 0 bridgehead atoms. The van der Waals surface area contributed by atoms with Crippen LogP contribution in [0.3, 0.4) is 0 Å². The van der Waals surface area contributed by atoms with Gasteiger partial charge in [-0.3, -0.25) is 14.5 Å². The number of benzene rings is 2. The lowest BCUT2D eigenvalue weighted by atomic mass is 10.1. The van der Waals surface area contributed by atoms with E-state index in [1.54, 1.807) is 24.3 Å². The molecule has 140 valence electrons. The molecule has 0 aromatic heterocycles. The number of carbonyl (C=O) groups is 2. The number of fused-ring (bicyclic) bond motifs is 1. The van der Waals surface area contributed by atoms with Gasteiger partial charge in [-0.05, 0) is 29.8 Å². The van der Waals surface area contributed by atoms with Gasteiger partial charge in [-0.2, -0.15) is 18.3 Å². The first-order valence-electron chi connectivity index (χ1n) is 7.86. The Bertz CT molecular complexity index is 897. The molecule has 0 aliphatic carbocycles. The predicted octanol–water partition coefficient (Wildman–Crippen LogP) is 2.58. The van der Waals surface area contributed by atoms with E-state index < -0.39 is 17.6 Å². The van der Waals surface area contributed by atoms with Gasteiger partial charge in [0.2, 0.25) is 0 Å². The molecular weight excluding hydrogens is 363 g/mol. The Morgan fingerprint density at radius 3 is 2.78 bits per heavy atom. The van der Waals surface area contributed by atoms with E-state index >= 15 is 0 Å². The summed E-state index contributed by atoms with van der Waals surface area (Å²) in [6, 6.07) is 11.3. The first-order chi connectivity index (χ1) is 12.8. The van der Waals surface area contributed by atoms with E-state index in [2.05, 4.69) is 10.5 Å². The van der Waals surface area contributed by atoms with Gasteiger partial charge < -0.3 is 4.74 Å². The van der Waals surface area contributed by atoms with Gasteiger partial charge in [-0.15, -0.1) is 0 Å². The zero-order valence-corrected chi connectivity index (χ0v) is 13.9. The summed E-state index contributed by atoms with van der Waals surface area (Å²) < 4.78 is 43.3. The summed E-state index contributed by atoms with van der Waals surface area (Å²) in [5, 5.41) is 3.65. The first-order valence-corrected chi connectivity index (χ1v) is 7.86. The summed E-state index contributed by atoms with van der Waals surface area (Å²) in [5.41, 5.74) is 2.03. The number of ether oxygens (including phenoxy) is 1. The largest absolute Gasteiger partial charge is 0.482 e. The fourth-order valence-electron chi connectivity index (χ4n) is 2.48. The van der Waals surface area contributed by atoms with Crippen molar-refractivity contribution in [2.75, 3.05) is 18.1 Å². The summed E-state index contributed by atoms with van der Waals surface area (Å²) in [4.78, 5) is 25.3. The van der Waals surface area contributed by atoms with E-state index in [9.17, 15) is 22.8 Å². The molecule has 2 aromatic carbocycles. The molecule has 0 saturated heterocycles. The van der Waals surface area contributed by atoms with E-state index in [1.165, 1.54) is 17.0 Å². The minimum atomic E-state index is -4.46. The summed E-state index contributed by atoms with van der Waals surface area (Å²) in [7, 11) is 0. The number of hydrazone groups is 1. The highest BCUT2D eigenvalue weighted by Crippen LogP contribution is 2.31. The lowest BCUT2D eigenvalue weighted by molar-refractivity contribution is -0.137. The van der Waals surface area contributed by atoms with Crippen molar-refractivity contribution in [3.05, 3.63) is 59.7 Å². The van der Waals surface area contributed by atoms with Crippen molar-refractivity contribution in [2.45, 2.75) is 6.18 Å². The number of hydrogen-bond donors (Lipinski definition) is 1. The number of carbonyl (C=O) groups excluding carboxylic acids is 2. The molecule has 27 heavy (non-hydrogen) atoms. The van der Waals surface area contributed by atoms with E-state index in [0.29, 0.717) is 11.4 Å². The molecule has 1 N–H and O–H groups in total. The summed E-state index contributed by atoms with van der Waals surface area (Å²) in [6.07, 6.45) is -3.36.